The van der Waals surface area contributed by atoms with E-state index in [1.54, 1.807) is 18.9 Å². The van der Waals surface area contributed by atoms with E-state index >= 15 is 0 Å². The topological polar surface area (TPSA) is 47.0 Å². The molecule has 0 amide bonds. The van der Waals surface area contributed by atoms with Gasteiger partial charge in [-0.05, 0) is 44.0 Å². The number of methoxy groups -OCH3 is 1. The molecule has 0 spiro atoms. The van der Waals surface area contributed by atoms with Crippen LogP contribution in [0.3, 0.4) is 0 Å². The third-order valence-corrected chi connectivity index (χ3v) is 3.99. The van der Waals surface area contributed by atoms with Gasteiger partial charge in [-0.3, -0.25) is 0 Å². The first-order valence-corrected chi connectivity index (χ1v) is 7.80. The molecule has 1 aromatic carbocycles. The molecule has 112 valence electrons. The van der Waals surface area contributed by atoms with Crippen LogP contribution in [0.2, 0.25) is 0 Å². The first kappa shape index (κ1) is 15.8. The van der Waals surface area contributed by atoms with E-state index in [1.165, 1.54) is 16.0 Å². The normalized spacial score (nSPS) is 10.7. The van der Waals surface area contributed by atoms with Crippen LogP contribution in [-0.2, 0) is 11.3 Å². The highest BCUT2D eigenvalue weighted by Gasteiger charge is 2.07. The van der Waals surface area contributed by atoms with Crippen molar-refractivity contribution in [2.24, 2.45) is 0 Å². The highest BCUT2D eigenvalue weighted by molar-refractivity contribution is 7.99. The minimum atomic E-state index is 0.416. The van der Waals surface area contributed by atoms with Gasteiger partial charge in [-0.15, -0.1) is 0 Å². The van der Waals surface area contributed by atoms with E-state index in [9.17, 15) is 0 Å². The number of aryl methyl sites for hydroxylation is 2. The second-order valence-electron chi connectivity index (χ2n) is 4.82. The van der Waals surface area contributed by atoms with Crippen LogP contribution < -0.4 is 5.32 Å². The summed E-state index contributed by atoms with van der Waals surface area (Å²) in [6.07, 6.45) is 0. The molecule has 1 heterocycles. The van der Waals surface area contributed by atoms with Gasteiger partial charge in [0.05, 0.1) is 0 Å². The lowest BCUT2D eigenvalue weighted by Crippen LogP contribution is -2.05. The third-order valence-electron chi connectivity index (χ3n) is 3.08. The number of hydrogen-bond donors (Lipinski definition) is 1. The molecule has 4 nitrogen and oxygen atoms in total. The summed E-state index contributed by atoms with van der Waals surface area (Å²) in [6, 6.07) is 8.42. The van der Waals surface area contributed by atoms with Gasteiger partial charge >= 0.3 is 0 Å². The number of hydrogen-bond acceptors (Lipinski definition) is 5. The van der Waals surface area contributed by atoms with Crippen LogP contribution in [0.15, 0.2) is 34.2 Å². The summed E-state index contributed by atoms with van der Waals surface area (Å²) in [5.74, 6) is 1.54. The van der Waals surface area contributed by atoms with E-state index in [1.807, 2.05) is 13.0 Å². The molecule has 5 heteroatoms. The second kappa shape index (κ2) is 7.43. The highest BCUT2D eigenvalue weighted by Crippen LogP contribution is 2.29. The third kappa shape index (κ3) is 4.44. The molecule has 2 aromatic rings. The van der Waals surface area contributed by atoms with Crippen LogP contribution in [0.25, 0.3) is 0 Å². The molecule has 0 fully saturated rings. The first-order valence-electron chi connectivity index (χ1n) is 6.98. The summed E-state index contributed by atoms with van der Waals surface area (Å²) >= 11 is 1.64. The SMILES string of the molecule is CCNc1cc(Sc2ccc(C)c(C)c2)nc(COC)n1. The predicted octanol–water partition coefficient (Wildman–Crippen LogP) is 3.82. The molecular weight excluding hydrogens is 282 g/mol. The number of anilines is 1. The van der Waals surface area contributed by atoms with Gasteiger partial charge in [0, 0.05) is 24.6 Å². The van der Waals surface area contributed by atoms with Crippen molar-refractivity contribution >= 4 is 17.6 Å². The summed E-state index contributed by atoms with van der Waals surface area (Å²) in [5.41, 5.74) is 2.59. The second-order valence-corrected chi connectivity index (χ2v) is 5.91. The van der Waals surface area contributed by atoms with Gasteiger partial charge < -0.3 is 10.1 Å². The molecule has 0 aliphatic carbocycles. The van der Waals surface area contributed by atoms with E-state index in [0.717, 1.165) is 17.4 Å². The minimum Gasteiger partial charge on any atom is -0.377 e. The van der Waals surface area contributed by atoms with Crippen molar-refractivity contribution in [3.8, 4) is 0 Å². The molecule has 0 unspecified atom stereocenters. The van der Waals surface area contributed by atoms with Gasteiger partial charge in [0.15, 0.2) is 5.82 Å². The lowest BCUT2D eigenvalue weighted by molar-refractivity contribution is 0.177. The first-order chi connectivity index (χ1) is 10.1. The minimum absolute atomic E-state index is 0.416. The lowest BCUT2D eigenvalue weighted by Gasteiger charge is -2.09. The van der Waals surface area contributed by atoms with Gasteiger partial charge in [0.25, 0.3) is 0 Å². The largest absolute Gasteiger partial charge is 0.377 e. The number of ether oxygens (including phenoxy) is 1. The van der Waals surface area contributed by atoms with Gasteiger partial charge in [-0.1, -0.05) is 17.8 Å². The van der Waals surface area contributed by atoms with Gasteiger partial charge in [-0.2, -0.15) is 0 Å². The van der Waals surface area contributed by atoms with E-state index < -0.39 is 0 Å². The average molecular weight is 303 g/mol. The van der Waals surface area contributed by atoms with Crippen LogP contribution in [0.4, 0.5) is 5.82 Å². The van der Waals surface area contributed by atoms with Gasteiger partial charge in [-0.25, -0.2) is 9.97 Å². The van der Waals surface area contributed by atoms with Crippen molar-refractivity contribution in [2.45, 2.75) is 37.3 Å². The van der Waals surface area contributed by atoms with Crippen LogP contribution >= 0.6 is 11.8 Å². The molecule has 0 saturated carbocycles. The summed E-state index contributed by atoms with van der Waals surface area (Å²) < 4.78 is 5.14. The smallest absolute Gasteiger partial charge is 0.157 e. The monoisotopic (exact) mass is 303 g/mol. The van der Waals surface area contributed by atoms with Crippen LogP contribution in [0.5, 0.6) is 0 Å². The van der Waals surface area contributed by atoms with E-state index in [2.05, 4.69) is 47.3 Å². The van der Waals surface area contributed by atoms with Crippen molar-refractivity contribution in [1.29, 1.82) is 0 Å². The number of nitrogens with one attached hydrogen (secondary N) is 1. The summed E-state index contributed by atoms with van der Waals surface area (Å²) in [7, 11) is 1.65. The Kier molecular flexibility index (Phi) is 5.59. The maximum atomic E-state index is 5.14. The molecule has 0 aliphatic rings. The number of aromatic nitrogens is 2. The molecule has 0 aliphatic heterocycles. The van der Waals surface area contributed by atoms with E-state index in [4.69, 9.17) is 4.74 Å². The molecule has 1 N–H and O–H groups in total. The van der Waals surface area contributed by atoms with Crippen LogP contribution in [0, 0.1) is 13.8 Å². The lowest BCUT2D eigenvalue weighted by atomic mass is 10.1. The maximum absolute atomic E-state index is 5.14. The Bertz CT molecular complexity index is 592. The summed E-state index contributed by atoms with van der Waals surface area (Å²) in [5, 5.41) is 4.16. The molecule has 0 saturated heterocycles. The summed E-state index contributed by atoms with van der Waals surface area (Å²) in [6.45, 7) is 7.54. The van der Waals surface area contributed by atoms with Crippen LogP contribution in [0.1, 0.15) is 23.9 Å². The van der Waals surface area contributed by atoms with Crippen LogP contribution in [-0.4, -0.2) is 23.6 Å². The Balaban J connectivity index is 2.26. The zero-order chi connectivity index (χ0) is 15.2. The molecule has 0 atom stereocenters. The molecule has 0 radical (unpaired) electrons. The Labute approximate surface area is 130 Å². The predicted molar refractivity (Wildman–Crippen MR) is 86.9 cm³/mol. The fraction of sp³-hybridized carbons (Fsp3) is 0.375. The Morgan fingerprint density at radius 2 is 1.95 bits per heavy atom. The fourth-order valence-electron chi connectivity index (χ4n) is 1.89. The van der Waals surface area contributed by atoms with Crippen molar-refractivity contribution < 1.29 is 4.74 Å². The van der Waals surface area contributed by atoms with Crippen molar-refractivity contribution in [3.05, 3.63) is 41.2 Å². The quantitative estimate of drug-likeness (QED) is 0.822. The number of nitrogens with zero attached hydrogens (tertiary/aromatic N) is 2. The van der Waals surface area contributed by atoms with Gasteiger partial charge in [0.1, 0.15) is 17.5 Å². The Morgan fingerprint density at radius 1 is 1.14 bits per heavy atom. The summed E-state index contributed by atoms with van der Waals surface area (Å²) in [4.78, 5) is 10.1. The fourth-order valence-corrected chi connectivity index (χ4v) is 2.82. The Hall–Kier alpha value is -1.59. The maximum Gasteiger partial charge on any atom is 0.157 e. The average Bonchev–Trinajstić information content (AvgIpc) is 2.43. The zero-order valence-corrected chi connectivity index (χ0v) is 13.8. The molecular formula is C16H21N3OS. The van der Waals surface area contributed by atoms with Crippen molar-refractivity contribution in [3.63, 3.8) is 0 Å². The zero-order valence-electron chi connectivity index (χ0n) is 12.9. The molecule has 1 aromatic heterocycles. The van der Waals surface area contributed by atoms with E-state index in [0.29, 0.717) is 12.4 Å². The number of rotatable bonds is 6. The molecule has 21 heavy (non-hydrogen) atoms. The molecule has 0 bridgehead atoms. The van der Waals surface area contributed by atoms with Gasteiger partial charge in [0.2, 0.25) is 0 Å². The van der Waals surface area contributed by atoms with Crippen molar-refractivity contribution in [1.82, 2.24) is 9.97 Å². The standard InChI is InChI=1S/C16H21N3OS/c1-5-17-14-9-16(19-15(18-14)10-20-4)21-13-7-6-11(2)12(3)8-13/h6-9H,5,10H2,1-4H3,(H,17,18,19). The molecule has 2 rings (SSSR count). The number of benzene rings is 1. The highest BCUT2D eigenvalue weighted by atomic mass is 32.2. The Morgan fingerprint density at radius 3 is 2.62 bits per heavy atom. The van der Waals surface area contributed by atoms with Crippen molar-refractivity contribution in [2.75, 3.05) is 19.0 Å². The van der Waals surface area contributed by atoms with E-state index in [-0.39, 0.29) is 0 Å².